The van der Waals surface area contributed by atoms with E-state index in [0.29, 0.717) is 5.69 Å². The number of phenols is 1. The number of carbonyl (C=O) groups is 2. The number of esters is 2. The van der Waals surface area contributed by atoms with E-state index in [2.05, 4.69) is 21.0 Å². The second-order valence-electron chi connectivity index (χ2n) is 5.69. The lowest BCUT2D eigenvalue weighted by Gasteiger charge is -2.07. The van der Waals surface area contributed by atoms with Crippen molar-refractivity contribution < 1.29 is 33.0 Å². The Kier molecular flexibility index (Phi) is 5.64. The average molecular weight is 467 g/mol. The molecule has 0 saturated carbocycles. The van der Waals surface area contributed by atoms with Crippen LogP contribution >= 0.6 is 15.9 Å². The lowest BCUT2D eigenvalue weighted by atomic mass is 10.0. The summed E-state index contributed by atoms with van der Waals surface area (Å²) in [5.41, 5.74) is -1.21. The molecule has 7 nitrogen and oxygen atoms in total. The molecule has 0 amide bonds. The van der Waals surface area contributed by atoms with E-state index in [4.69, 9.17) is 9.47 Å². The van der Waals surface area contributed by atoms with Crippen molar-refractivity contribution in [1.29, 1.82) is 0 Å². The summed E-state index contributed by atoms with van der Waals surface area (Å²) < 4.78 is 39.1. The van der Waals surface area contributed by atoms with Gasteiger partial charge in [-0.05, 0) is 34.1 Å². The van der Waals surface area contributed by atoms with Gasteiger partial charge in [-0.15, -0.1) is 0 Å². The van der Waals surface area contributed by atoms with E-state index in [1.807, 2.05) is 0 Å². The summed E-state index contributed by atoms with van der Waals surface area (Å²) in [6.07, 6.45) is 0. The number of hydrogen-bond donors (Lipinski definition) is 1. The van der Waals surface area contributed by atoms with Crippen molar-refractivity contribution in [3.05, 3.63) is 63.8 Å². The number of benzene rings is 2. The number of aromatic hydroxyl groups is 1. The van der Waals surface area contributed by atoms with E-state index in [9.17, 15) is 23.5 Å². The van der Waals surface area contributed by atoms with Crippen molar-refractivity contribution in [2.75, 3.05) is 14.2 Å². The van der Waals surface area contributed by atoms with E-state index in [1.54, 1.807) is 30.3 Å². The number of ether oxygens (including phenoxy) is 2. The molecule has 0 bridgehead atoms. The highest BCUT2D eigenvalue weighted by Gasteiger charge is 2.33. The zero-order chi connectivity index (χ0) is 21.3. The third-order valence-corrected chi connectivity index (χ3v) is 4.65. The average Bonchev–Trinajstić information content (AvgIpc) is 3.14. The molecule has 1 aromatic heterocycles. The van der Waals surface area contributed by atoms with Gasteiger partial charge < -0.3 is 14.6 Å². The monoisotopic (exact) mass is 466 g/mol. The molecule has 3 aromatic rings. The van der Waals surface area contributed by atoms with Gasteiger partial charge in [-0.3, -0.25) is 0 Å². The Morgan fingerprint density at radius 3 is 2.28 bits per heavy atom. The number of para-hydroxylation sites is 1. The summed E-state index contributed by atoms with van der Waals surface area (Å²) in [5, 5.41) is 13.8. The van der Waals surface area contributed by atoms with Gasteiger partial charge in [0.25, 0.3) is 0 Å². The highest BCUT2D eigenvalue weighted by molar-refractivity contribution is 9.10. The minimum Gasteiger partial charge on any atom is -0.504 e. The predicted molar refractivity (Wildman–Crippen MR) is 101 cm³/mol. The van der Waals surface area contributed by atoms with Crippen LogP contribution in [0.25, 0.3) is 16.9 Å². The van der Waals surface area contributed by atoms with Crippen molar-refractivity contribution in [3.8, 4) is 22.7 Å². The van der Waals surface area contributed by atoms with Crippen molar-refractivity contribution in [3.63, 3.8) is 0 Å². The smallest absolute Gasteiger partial charge is 0.357 e. The standard InChI is InChI=1S/C19H13BrF2N2O5/c1-28-18(26)12-15(10-8-11(20)17(25)14(22)13(10)21)23-24(16(12)19(27)29-2)9-6-4-3-5-7-9/h3-8,25H,1-2H3. The maximum atomic E-state index is 14.6. The van der Waals surface area contributed by atoms with Crippen LogP contribution in [0.5, 0.6) is 5.75 Å². The molecule has 150 valence electrons. The summed E-state index contributed by atoms with van der Waals surface area (Å²) in [5.74, 6) is -5.89. The predicted octanol–water partition coefficient (Wildman–Crippen LogP) is 3.86. The molecule has 3 rings (SSSR count). The Morgan fingerprint density at radius 1 is 1.07 bits per heavy atom. The fraction of sp³-hybridized carbons (Fsp3) is 0.105. The Hall–Kier alpha value is -3.27. The van der Waals surface area contributed by atoms with Crippen molar-refractivity contribution in [2.24, 2.45) is 0 Å². The molecule has 29 heavy (non-hydrogen) atoms. The number of rotatable bonds is 4. The summed E-state index contributed by atoms with van der Waals surface area (Å²) in [4.78, 5) is 24.9. The van der Waals surface area contributed by atoms with Crippen LogP contribution in [0, 0.1) is 11.6 Å². The highest BCUT2D eigenvalue weighted by Crippen LogP contribution is 2.38. The van der Waals surface area contributed by atoms with Gasteiger partial charge in [0.2, 0.25) is 5.82 Å². The second kappa shape index (κ2) is 8.00. The number of hydrogen-bond acceptors (Lipinski definition) is 6. The third-order valence-electron chi connectivity index (χ3n) is 4.04. The van der Waals surface area contributed by atoms with Gasteiger partial charge in [-0.25, -0.2) is 18.7 Å². The Labute approximate surface area is 171 Å². The van der Waals surface area contributed by atoms with Gasteiger partial charge in [0.05, 0.1) is 24.4 Å². The molecule has 0 atom stereocenters. The molecule has 0 aliphatic heterocycles. The molecule has 0 spiro atoms. The largest absolute Gasteiger partial charge is 0.504 e. The summed E-state index contributed by atoms with van der Waals surface area (Å²) in [6, 6.07) is 9.26. The highest BCUT2D eigenvalue weighted by atomic mass is 79.9. The fourth-order valence-corrected chi connectivity index (χ4v) is 3.10. The van der Waals surface area contributed by atoms with Gasteiger partial charge in [0, 0.05) is 5.56 Å². The first-order chi connectivity index (χ1) is 13.8. The van der Waals surface area contributed by atoms with Gasteiger partial charge in [-0.2, -0.15) is 9.49 Å². The minimum atomic E-state index is -1.54. The van der Waals surface area contributed by atoms with Crippen LogP contribution < -0.4 is 0 Å². The minimum absolute atomic E-state index is 0.170. The molecular weight excluding hydrogens is 454 g/mol. The lowest BCUT2D eigenvalue weighted by Crippen LogP contribution is -2.15. The first-order valence-corrected chi connectivity index (χ1v) is 8.83. The summed E-state index contributed by atoms with van der Waals surface area (Å²) in [7, 11) is 2.17. The Morgan fingerprint density at radius 2 is 1.69 bits per heavy atom. The van der Waals surface area contributed by atoms with Gasteiger partial charge >= 0.3 is 11.9 Å². The van der Waals surface area contributed by atoms with E-state index in [0.717, 1.165) is 25.0 Å². The molecule has 0 aliphatic rings. The number of carbonyl (C=O) groups excluding carboxylic acids is 2. The Balaban J connectivity index is 2.44. The molecule has 10 heteroatoms. The molecule has 1 N–H and O–H groups in total. The molecule has 2 aromatic carbocycles. The number of methoxy groups -OCH3 is 2. The molecule has 0 saturated heterocycles. The van der Waals surface area contributed by atoms with Gasteiger partial charge in [0.1, 0.15) is 11.3 Å². The summed E-state index contributed by atoms with van der Waals surface area (Å²) in [6.45, 7) is 0. The maximum Gasteiger partial charge on any atom is 0.357 e. The van der Waals surface area contributed by atoms with Crippen molar-refractivity contribution >= 4 is 27.9 Å². The zero-order valence-corrected chi connectivity index (χ0v) is 16.7. The molecule has 0 unspecified atom stereocenters. The third kappa shape index (κ3) is 3.46. The maximum absolute atomic E-state index is 14.6. The van der Waals surface area contributed by atoms with Crippen LogP contribution in [0.4, 0.5) is 8.78 Å². The van der Waals surface area contributed by atoms with Crippen LogP contribution in [-0.2, 0) is 9.47 Å². The first kappa shape index (κ1) is 20.5. The van der Waals surface area contributed by atoms with Gasteiger partial charge in [0.15, 0.2) is 17.3 Å². The van der Waals surface area contributed by atoms with Crippen LogP contribution in [0.3, 0.4) is 0 Å². The molecule has 0 fully saturated rings. The van der Waals surface area contributed by atoms with Gasteiger partial charge in [-0.1, -0.05) is 18.2 Å². The first-order valence-electron chi connectivity index (χ1n) is 8.03. The van der Waals surface area contributed by atoms with Crippen LogP contribution in [0.2, 0.25) is 0 Å². The lowest BCUT2D eigenvalue weighted by molar-refractivity contribution is 0.0549. The van der Waals surface area contributed by atoms with Crippen LogP contribution in [0.1, 0.15) is 20.8 Å². The molecule has 0 aliphatic carbocycles. The second-order valence-corrected chi connectivity index (χ2v) is 6.54. The number of aromatic nitrogens is 2. The quantitative estimate of drug-likeness (QED) is 0.463. The van der Waals surface area contributed by atoms with E-state index in [1.165, 1.54) is 0 Å². The zero-order valence-electron chi connectivity index (χ0n) is 15.1. The van der Waals surface area contributed by atoms with Crippen LogP contribution in [0.15, 0.2) is 40.9 Å². The molecular formula is C19H13BrF2N2O5. The molecule has 0 radical (unpaired) electrons. The van der Waals surface area contributed by atoms with Crippen molar-refractivity contribution in [2.45, 2.75) is 0 Å². The number of halogens is 3. The Bertz CT molecular complexity index is 1120. The van der Waals surface area contributed by atoms with E-state index < -0.39 is 40.4 Å². The fourth-order valence-electron chi connectivity index (χ4n) is 2.70. The topological polar surface area (TPSA) is 90.6 Å². The van der Waals surface area contributed by atoms with E-state index >= 15 is 0 Å². The van der Waals surface area contributed by atoms with E-state index in [-0.39, 0.29) is 15.9 Å². The number of phenolic OH excluding ortho intramolecular Hbond substituents is 1. The summed E-state index contributed by atoms with van der Waals surface area (Å²) >= 11 is 2.92. The molecule has 1 heterocycles. The number of nitrogens with zero attached hydrogens (tertiary/aromatic N) is 2. The normalized spacial score (nSPS) is 10.7. The van der Waals surface area contributed by atoms with Crippen LogP contribution in [-0.4, -0.2) is 41.0 Å². The SMILES string of the molecule is COC(=O)c1c(-c2cc(Br)c(O)c(F)c2F)nn(-c2ccccc2)c1C(=O)OC. The van der Waals surface area contributed by atoms with Crippen molar-refractivity contribution in [1.82, 2.24) is 9.78 Å².